The molecule has 0 aliphatic rings. The molecule has 192 valence electrons. The van der Waals surface area contributed by atoms with Crippen molar-refractivity contribution in [2.75, 3.05) is 0 Å². The highest BCUT2D eigenvalue weighted by Crippen LogP contribution is 2.31. The number of halogens is 3. The second kappa shape index (κ2) is 10.0. The first-order valence-electron chi connectivity index (χ1n) is 11.5. The lowest BCUT2D eigenvalue weighted by Crippen LogP contribution is -2.42. The average Bonchev–Trinajstić information content (AvgIpc) is 3.08. The topological polar surface area (TPSA) is 91.6 Å². The number of aryl methyl sites for hydroxylation is 1. The van der Waals surface area contributed by atoms with Crippen molar-refractivity contribution in [1.82, 2.24) is 9.88 Å². The molecule has 0 unspecified atom stereocenters. The Balaban J connectivity index is 1.59. The first kappa shape index (κ1) is 25.8. The van der Waals surface area contributed by atoms with Gasteiger partial charge in [-0.25, -0.2) is 4.79 Å². The number of amides is 1. The standard InChI is InChI=1S/C28H25F3N2O4/c1-16-17(2)33(15-19-4-3-5-21(12-19)28(29,30)31)25-11-8-20(14-23(16)25)26(35)32-24(27(36)37)13-18-6-9-22(34)10-7-18/h3-12,14,24,34H,13,15H2,1-2H3,(H,32,35)(H,36,37)/t24-/m0/s1. The van der Waals surface area contributed by atoms with Gasteiger partial charge >= 0.3 is 12.1 Å². The summed E-state index contributed by atoms with van der Waals surface area (Å²) in [7, 11) is 0. The minimum atomic E-state index is -4.43. The van der Waals surface area contributed by atoms with Crippen LogP contribution < -0.4 is 5.32 Å². The van der Waals surface area contributed by atoms with Gasteiger partial charge < -0.3 is 20.1 Å². The second-order valence-corrected chi connectivity index (χ2v) is 8.96. The number of aromatic hydroxyl groups is 1. The number of hydrogen-bond donors (Lipinski definition) is 3. The van der Waals surface area contributed by atoms with Crippen LogP contribution in [0, 0.1) is 13.8 Å². The number of phenolic OH excluding ortho intramolecular Hbond substituents is 1. The van der Waals surface area contributed by atoms with E-state index in [1.165, 1.54) is 18.2 Å². The Morgan fingerprint density at radius 3 is 2.32 bits per heavy atom. The van der Waals surface area contributed by atoms with Crippen molar-refractivity contribution in [2.24, 2.45) is 0 Å². The first-order valence-corrected chi connectivity index (χ1v) is 11.5. The minimum Gasteiger partial charge on any atom is -0.508 e. The summed E-state index contributed by atoms with van der Waals surface area (Å²) in [5, 5.41) is 22.3. The molecule has 1 aromatic heterocycles. The summed E-state index contributed by atoms with van der Waals surface area (Å²) < 4.78 is 41.3. The maximum absolute atomic E-state index is 13.2. The van der Waals surface area contributed by atoms with Crippen molar-refractivity contribution in [3.8, 4) is 5.75 Å². The maximum atomic E-state index is 13.2. The number of benzene rings is 3. The summed E-state index contributed by atoms with van der Waals surface area (Å²) in [6.45, 7) is 3.95. The van der Waals surface area contributed by atoms with E-state index in [-0.39, 0.29) is 24.3 Å². The number of phenols is 1. The Kier molecular flexibility index (Phi) is 6.98. The second-order valence-electron chi connectivity index (χ2n) is 8.96. The van der Waals surface area contributed by atoms with Gasteiger partial charge in [0.2, 0.25) is 0 Å². The molecule has 0 spiro atoms. The number of hydrogen-bond acceptors (Lipinski definition) is 3. The van der Waals surface area contributed by atoms with E-state index in [2.05, 4.69) is 5.32 Å². The van der Waals surface area contributed by atoms with Gasteiger partial charge in [-0.05, 0) is 73.0 Å². The van der Waals surface area contributed by atoms with E-state index >= 15 is 0 Å². The van der Waals surface area contributed by atoms with E-state index in [0.29, 0.717) is 11.1 Å². The van der Waals surface area contributed by atoms with Crippen LogP contribution in [-0.2, 0) is 23.9 Å². The Labute approximate surface area is 211 Å². The Morgan fingerprint density at radius 2 is 1.68 bits per heavy atom. The van der Waals surface area contributed by atoms with Crippen molar-refractivity contribution in [2.45, 2.75) is 39.0 Å². The number of rotatable bonds is 7. The van der Waals surface area contributed by atoms with Crippen LogP contribution in [0.2, 0.25) is 0 Å². The lowest BCUT2D eigenvalue weighted by molar-refractivity contribution is -0.139. The van der Waals surface area contributed by atoms with Crippen LogP contribution in [0.4, 0.5) is 13.2 Å². The molecule has 37 heavy (non-hydrogen) atoms. The molecule has 4 rings (SSSR count). The predicted octanol–water partition coefficient (Wildman–Crippen LogP) is 5.46. The fourth-order valence-corrected chi connectivity index (χ4v) is 4.33. The summed E-state index contributed by atoms with van der Waals surface area (Å²) in [5.74, 6) is -1.70. The molecule has 0 aliphatic carbocycles. The van der Waals surface area contributed by atoms with Crippen LogP contribution in [0.3, 0.4) is 0 Å². The van der Waals surface area contributed by atoms with Crippen LogP contribution in [0.25, 0.3) is 10.9 Å². The zero-order chi connectivity index (χ0) is 26.9. The fourth-order valence-electron chi connectivity index (χ4n) is 4.33. The first-order chi connectivity index (χ1) is 17.4. The number of carbonyl (C=O) groups excluding carboxylic acids is 1. The van der Waals surface area contributed by atoms with Crippen LogP contribution in [0.15, 0.2) is 66.7 Å². The quantitative estimate of drug-likeness (QED) is 0.308. The zero-order valence-corrected chi connectivity index (χ0v) is 20.1. The number of aliphatic carboxylic acids is 1. The van der Waals surface area contributed by atoms with Crippen molar-refractivity contribution in [3.63, 3.8) is 0 Å². The maximum Gasteiger partial charge on any atom is 0.416 e. The lowest BCUT2D eigenvalue weighted by atomic mass is 10.0. The highest BCUT2D eigenvalue weighted by molar-refractivity contribution is 6.00. The van der Waals surface area contributed by atoms with E-state index in [1.54, 1.807) is 36.4 Å². The van der Waals surface area contributed by atoms with Gasteiger partial charge in [0, 0.05) is 35.1 Å². The highest BCUT2D eigenvalue weighted by atomic mass is 19.4. The third-order valence-electron chi connectivity index (χ3n) is 6.48. The smallest absolute Gasteiger partial charge is 0.416 e. The third-order valence-corrected chi connectivity index (χ3v) is 6.48. The number of fused-ring (bicyclic) bond motifs is 1. The van der Waals surface area contributed by atoms with Crippen molar-refractivity contribution in [1.29, 1.82) is 0 Å². The largest absolute Gasteiger partial charge is 0.508 e. The molecule has 0 radical (unpaired) electrons. The van der Waals surface area contributed by atoms with Crippen LogP contribution in [-0.4, -0.2) is 32.7 Å². The molecule has 4 aromatic rings. The normalized spacial score (nSPS) is 12.5. The molecule has 3 aromatic carbocycles. The van der Waals surface area contributed by atoms with Crippen LogP contribution in [0.5, 0.6) is 5.75 Å². The number of alkyl halides is 3. The molecule has 0 aliphatic heterocycles. The summed E-state index contributed by atoms with van der Waals surface area (Å²) in [4.78, 5) is 24.7. The molecule has 1 atom stereocenters. The van der Waals surface area contributed by atoms with E-state index in [9.17, 15) is 33.0 Å². The molecular formula is C28H25F3N2O4. The minimum absolute atomic E-state index is 0.0368. The van der Waals surface area contributed by atoms with Crippen LogP contribution >= 0.6 is 0 Å². The Hall–Kier alpha value is -4.27. The summed E-state index contributed by atoms with van der Waals surface area (Å²) in [6, 6.07) is 15.0. The third kappa shape index (κ3) is 5.61. The molecule has 9 heteroatoms. The summed E-state index contributed by atoms with van der Waals surface area (Å²) >= 11 is 0. The molecule has 0 saturated carbocycles. The van der Waals surface area contributed by atoms with Gasteiger partial charge in [-0.15, -0.1) is 0 Å². The molecule has 6 nitrogen and oxygen atoms in total. The van der Waals surface area contributed by atoms with Crippen molar-refractivity contribution < 1.29 is 33.0 Å². The molecule has 3 N–H and O–H groups in total. The highest BCUT2D eigenvalue weighted by Gasteiger charge is 2.30. The van der Waals surface area contributed by atoms with Gasteiger partial charge in [0.25, 0.3) is 5.91 Å². The lowest BCUT2D eigenvalue weighted by Gasteiger charge is -2.15. The van der Waals surface area contributed by atoms with E-state index in [0.717, 1.165) is 34.3 Å². The molecule has 0 fully saturated rings. The molecule has 0 saturated heterocycles. The van der Waals surface area contributed by atoms with Crippen LogP contribution in [0.1, 0.15) is 38.3 Å². The van der Waals surface area contributed by atoms with Crippen molar-refractivity contribution in [3.05, 3.63) is 100 Å². The molecule has 0 bridgehead atoms. The number of carboxylic acid groups (broad SMARTS) is 1. The molecular weight excluding hydrogens is 485 g/mol. The monoisotopic (exact) mass is 510 g/mol. The average molecular weight is 511 g/mol. The Morgan fingerprint density at radius 1 is 0.973 bits per heavy atom. The van der Waals surface area contributed by atoms with Gasteiger partial charge in [0.15, 0.2) is 0 Å². The number of aromatic nitrogens is 1. The van der Waals surface area contributed by atoms with Gasteiger partial charge in [0.05, 0.1) is 5.56 Å². The van der Waals surface area contributed by atoms with Crippen molar-refractivity contribution >= 4 is 22.8 Å². The molecule has 1 amide bonds. The van der Waals surface area contributed by atoms with E-state index in [4.69, 9.17) is 0 Å². The van der Waals surface area contributed by atoms with Gasteiger partial charge in [-0.2, -0.15) is 13.2 Å². The number of carboxylic acids is 1. The molecule has 1 heterocycles. The summed E-state index contributed by atoms with van der Waals surface area (Å²) in [6.07, 6.45) is -4.40. The predicted molar refractivity (Wildman–Crippen MR) is 133 cm³/mol. The van der Waals surface area contributed by atoms with Gasteiger partial charge in [-0.1, -0.05) is 24.3 Å². The van der Waals surface area contributed by atoms with Gasteiger partial charge in [0.1, 0.15) is 11.8 Å². The van der Waals surface area contributed by atoms with Gasteiger partial charge in [-0.3, -0.25) is 4.79 Å². The number of carbonyl (C=O) groups is 2. The fraction of sp³-hybridized carbons (Fsp3) is 0.214. The summed E-state index contributed by atoms with van der Waals surface area (Å²) in [5.41, 5.74) is 3.16. The number of nitrogens with zero attached hydrogens (tertiary/aromatic N) is 1. The zero-order valence-electron chi connectivity index (χ0n) is 20.1. The SMILES string of the molecule is Cc1c(C)n(Cc2cccc(C(F)(F)F)c2)c2ccc(C(=O)N[C@@H](Cc3ccc(O)cc3)C(=O)O)cc12. The van der Waals surface area contributed by atoms with E-state index in [1.807, 2.05) is 18.4 Å². The Bertz CT molecular complexity index is 1470. The number of nitrogens with one attached hydrogen (secondary N) is 1. The van der Waals surface area contributed by atoms with E-state index < -0.39 is 29.7 Å².